The van der Waals surface area contributed by atoms with E-state index in [1.165, 1.54) is 6.08 Å². The third-order valence-corrected chi connectivity index (χ3v) is 4.70. The molecule has 1 aromatic heterocycles. The molecule has 1 aliphatic rings. The first kappa shape index (κ1) is 31.3. The quantitative estimate of drug-likeness (QED) is 0.248. The van der Waals surface area contributed by atoms with E-state index in [1.807, 2.05) is 34.6 Å². The Morgan fingerprint density at radius 3 is 2.31 bits per heavy atom. The fraction of sp³-hybridized carbons (Fsp3) is 0.480. The van der Waals surface area contributed by atoms with Crippen molar-refractivity contribution in [3.63, 3.8) is 0 Å². The maximum Gasteiger partial charge on any atom is 0.246 e. The van der Waals surface area contributed by atoms with Gasteiger partial charge in [-0.15, -0.1) is 0 Å². The Kier molecular flexibility index (Phi) is 17.3. The van der Waals surface area contributed by atoms with Crippen LogP contribution in [0, 0.1) is 0 Å². The Bertz CT molecular complexity index is 750. The Morgan fingerprint density at radius 1 is 1.31 bits per heavy atom. The molecular weight excluding hydrogens is 404 g/mol. The van der Waals surface area contributed by atoms with Crippen LogP contribution in [0.15, 0.2) is 54.6 Å². The summed E-state index contributed by atoms with van der Waals surface area (Å²) in [4.78, 5) is 16.0. The van der Waals surface area contributed by atoms with E-state index in [2.05, 4.69) is 18.1 Å². The van der Waals surface area contributed by atoms with E-state index in [0.29, 0.717) is 17.1 Å². The van der Waals surface area contributed by atoms with Crippen LogP contribution in [0.5, 0.6) is 0 Å². The second kappa shape index (κ2) is 17.7. The zero-order chi connectivity index (χ0) is 25.3. The molecule has 1 amide bonds. The number of hydrogen-bond acceptors (Lipinski definition) is 5. The van der Waals surface area contributed by atoms with E-state index in [-0.39, 0.29) is 30.4 Å². The lowest BCUT2D eigenvalue weighted by molar-refractivity contribution is -0.133. The molecule has 1 aromatic rings. The number of aliphatic hydroxyl groups excluding tert-OH is 2. The number of nitrogens with zero attached hydrogens (tertiary/aromatic N) is 1. The van der Waals surface area contributed by atoms with Gasteiger partial charge >= 0.3 is 0 Å². The number of allylic oxidation sites excluding steroid dienone is 1. The second-order valence-electron chi connectivity index (χ2n) is 6.66. The molecule has 2 rings (SSSR count). The number of aromatic nitrogens is 1. The van der Waals surface area contributed by atoms with Crippen LogP contribution in [-0.4, -0.2) is 44.7 Å². The molecule has 1 aliphatic heterocycles. The van der Waals surface area contributed by atoms with Crippen LogP contribution < -0.4 is 11.5 Å². The van der Waals surface area contributed by atoms with Crippen molar-refractivity contribution in [2.24, 2.45) is 5.73 Å². The highest BCUT2D eigenvalue weighted by atomic mass is 16.3. The van der Waals surface area contributed by atoms with Gasteiger partial charge in [0.25, 0.3) is 0 Å². The molecule has 0 bridgehead atoms. The predicted octanol–water partition coefficient (Wildman–Crippen LogP) is 4.90. The summed E-state index contributed by atoms with van der Waals surface area (Å²) in [5, 5.41) is 18.4. The summed E-state index contributed by atoms with van der Waals surface area (Å²) >= 11 is 0. The van der Waals surface area contributed by atoms with Gasteiger partial charge in [0.15, 0.2) is 0 Å². The first-order valence-electron chi connectivity index (χ1n) is 11.3. The first-order chi connectivity index (χ1) is 15.3. The molecule has 0 saturated carbocycles. The van der Waals surface area contributed by atoms with Gasteiger partial charge in [0.05, 0.1) is 12.6 Å². The number of carbonyl (C=O) groups is 1. The van der Waals surface area contributed by atoms with Gasteiger partial charge in [-0.05, 0) is 51.3 Å². The molecule has 7 nitrogen and oxygen atoms in total. The summed E-state index contributed by atoms with van der Waals surface area (Å²) in [6, 6.07) is 2.03. The molecule has 182 valence electrons. The number of nitrogens with one attached hydrogen (secondary N) is 1. The molecule has 0 aromatic carbocycles. The smallest absolute Gasteiger partial charge is 0.246 e. The standard InChI is InChI=1S/C11H15N3O.C10H17NO2.2C2H6/c1-3-9(7(2)15)10(12)6-8-4-5-14-11(8)13;1-3-10(13)11-8(2)5-4-6-9(11)7-12;2*1-2/h3-6,14-15H,2,12-13H2,1H3;3,8-9,12H,1,4-7H2,2H3;2*1-2H3/b9-3+,10-6-;;;. The normalized spacial score (nSPS) is 18.0. The molecule has 1 fully saturated rings. The summed E-state index contributed by atoms with van der Waals surface area (Å²) in [5.74, 6) is 0.420. The van der Waals surface area contributed by atoms with Gasteiger partial charge in [-0.1, -0.05) is 46.9 Å². The maximum absolute atomic E-state index is 11.4. The van der Waals surface area contributed by atoms with Crippen molar-refractivity contribution in [1.29, 1.82) is 0 Å². The van der Waals surface area contributed by atoms with E-state index in [9.17, 15) is 9.90 Å². The number of piperidine rings is 1. The topological polar surface area (TPSA) is 129 Å². The van der Waals surface area contributed by atoms with E-state index in [4.69, 9.17) is 16.6 Å². The first-order valence-corrected chi connectivity index (χ1v) is 11.3. The average Bonchev–Trinajstić information content (AvgIpc) is 3.20. The third kappa shape index (κ3) is 9.92. The van der Waals surface area contributed by atoms with Gasteiger partial charge < -0.3 is 31.6 Å². The molecule has 0 radical (unpaired) electrons. The Balaban J connectivity index is 0. The summed E-state index contributed by atoms with van der Waals surface area (Å²) < 4.78 is 0. The van der Waals surface area contributed by atoms with Gasteiger partial charge in [0.2, 0.25) is 5.91 Å². The lowest BCUT2D eigenvalue weighted by Crippen LogP contribution is -2.49. The highest BCUT2D eigenvalue weighted by Crippen LogP contribution is 2.22. The molecule has 2 unspecified atom stereocenters. The number of anilines is 1. The van der Waals surface area contributed by atoms with Crippen molar-refractivity contribution in [2.75, 3.05) is 12.3 Å². The third-order valence-electron chi connectivity index (χ3n) is 4.70. The number of aromatic amines is 1. The van der Waals surface area contributed by atoms with Crippen LogP contribution in [0.3, 0.4) is 0 Å². The number of rotatable bonds is 5. The van der Waals surface area contributed by atoms with Crippen LogP contribution in [0.4, 0.5) is 5.82 Å². The Labute approximate surface area is 194 Å². The molecule has 7 heteroatoms. The molecule has 0 aliphatic carbocycles. The number of aliphatic hydroxyl groups is 2. The minimum Gasteiger partial charge on any atom is -0.508 e. The minimum atomic E-state index is -0.0637. The van der Waals surface area contributed by atoms with E-state index in [0.717, 1.165) is 24.8 Å². The monoisotopic (exact) mass is 448 g/mol. The van der Waals surface area contributed by atoms with Crippen LogP contribution in [0.25, 0.3) is 6.08 Å². The maximum atomic E-state index is 11.4. The summed E-state index contributed by atoms with van der Waals surface area (Å²) in [6.45, 7) is 18.7. The molecule has 0 spiro atoms. The number of hydrogen-bond donors (Lipinski definition) is 5. The van der Waals surface area contributed by atoms with Crippen LogP contribution >= 0.6 is 0 Å². The van der Waals surface area contributed by atoms with Crippen molar-refractivity contribution >= 4 is 17.8 Å². The number of carbonyl (C=O) groups excluding carboxylic acids is 1. The van der Waals surface area contributed by atoms with Gasteiger partial charge in [-0.3, -0.25) is 4.79 Å². The fourth-order valence-corrected chi connectivity index (χ4v) is 3.23. The van der Waals surface area contributed by atoms with E-state index in [1.54, 1.807) is 36.2 Å². The van der Waals surface area contributed by atoms with E-state index < -0.39 is 0 Å². The molecular formula is C25H44N4O3. The number of amides is 1. The van der Waals surface area contributed by atoms with Gasteiger partial charge in [-0.2, -0.15) is 0 Å². The largest absolute Gasteiger partial charge is 0.508 e. The average molecular weight is 449 g/mol. The number of nitrogens with two attached hydrogens (primary N) is 2. The summed E-state index contributed by atoms with van der Waals surface area (Å²) in [6.07, 6.45) is 9.44. The molecule has 1 saturated heterocycles. The van der Waals surface area contributed by atoms with E-state index >= 15 is 0 Å². The SMILES string of the molecule is C=C(O)C(=C\C)/C(N)=C/c1cc[nH]c1N.C=CC(=O)N1C(C)CCCC1CO.CC.CC. The van der Waals surface area contributed by atoms with Crippen LogP contribution in [-0.2, 0) is 4.79 Å². The van der Waals surface area contributed by atoms with Gasteiger partial charge in [-0.25, -0.2) is 0 Å². The summed E-state index contributed by atoms with van der Waals surface area (Å²) in [5.41, 5.74) is 13.2. The van der Waals surface area contributed by atoms with Crippen molar-refractivity contribution in [3.8, 4) is 0 Å². The zero-order valence-corrected chi connectivity index (χ0v) is 20.7. The molecule has 32 heavy (non-hydrogen) atoms. The van der Waals surface area contributed by atoms with Crippen LogP contribution in [0.1, 0.15) is 66.4 Å². The highest BCUT2D eigenvalue weighted by molar-refractivity contribution is 5.87. The van der Waals surface area contributed by atoms with Gasteiger partial charge in [0, 0.05) is 29.1 Å². The zero-order valence-electron chi connectivity index (χ0n) is 20.7. The lowest BCUT2D eigenvalue weighted by atomic mass is 9.97. The lowest BCUT2D eigenvalue weighted by Gasteiger charge is -2.39. The molecule has 2 heterocycles. The van der Waals surface area contributed by atoms with Crippen molar-refractivity contribution in [1.82, 2.24) is 9.88 Å². The Morgan fingerprint density at radius 2 is 1.91 bits per heavy atom. The van der Waals surface area contributed by atoms with Crippen molar-refractivity contribution < 1.29 is 15.0 Å². The number of nitrogen functional groups attached to an aromatic ring is 1. The fourth-order valence-electron chi connectivity index (χ4n) is 3.23. The van der Waals surface area contributed by atoms with Crippen molar-refractivity contribution in [2.45, 2.75) is 72.9 Å². The number of H-pyrrole nitrogens is 1. The number of likely N-dealkylation sites (tertiary alicyclic amines) is 1. The molecule has 2 atom stereocenters. The van der Waals surface area contributed by atoms with Gasteiger partial charge in [0.1, 0.15) is 11.6 Å². The van der Waals surface area contributed by atoms with Crippen LogP contribution in [0.2, 0.25) is 0 Å². The minimum absolute atomic E-state index is 0.00532. The van der Waals surface area contributed by atoms with Crippen molar-refractivity contribution in [3.05, 3.63) is 60.2 Å². The Hall–Kier alpha value is -2.93. The molecule has 7 N–H and O–H groups in total. The second-order valence-corrected chi connectivity index (χ2v) is 6.66. The predicted molar refractivity (Wildman–Crippen MR) is 137 cm³/mol. The highest BCUT2D eigenvalue weighted by Gasteiger charge is 2.29. The summed E-state index contributed by atoms with van der Waals surface area (Å²) in [7, 11) is 0.